The average molecular weight is 344 g/mol. The van der Waals surface area contributed by atoms with Crippen LogP contribution in [0, 0.1) is 0 Å². The molecule has 1 fully saturated rings. The zero-order chi connectivity index (χ0) is 18.1. The Morgan fingerprint density at radius 1 is 1.08 bits per heavy atom. The molecule has 0 bridgehead atoms. The summed E-state index contributed by atoms with van der Waals surface area (Å²) in [5, 5.41) is 0. The van der Waals surface area contributed by atoms with Crippen LogP contribution in [0.5, 0.6) is 5.75 Å². The highest BCUT2D eigenvalue weighted by molar-refractivity contribution is 5.86. The Kier molecular flexibility index (Phi) is 7.07. The summed E-state index contributed by atoms with van der Waals surface area (Å²) in [6, 6.07) is 7.87. The molecule has 1 aliphatic heterocycles. The molecule has 6 heteroatoms. The minimum atomic E-state index is -0.511. The summed E-state index contributed by atoms with van der Waals surface area (Å²) in [6.45, 7) is 4.33. The third-order valence-electron chi connectivity index (χ3n) is 3.94. The van der Waals surface area contributed by atoms with Crippen LogP contribution in [-0.2, 0) is 14.3 Å². The fourth-order valence-electron chi connectivity index (χ4n) is 2.52. The van der Waals surface area contributed by atoms with Crippen molar-refractivity contribution in [3.63, 3.8) is 0 Å². The van der Waals surface area contributed by atoms with Gasteiger partial charge in [-0.3, -0.25) is 4.79 Å². The lowest BCUT2D eigenvalue weighted by Gasteiger charge is -2.36. The van der Waals surface area contributed by atoms with E-state index in [1.807, 2.05) is 31.2 Å². The van der Waals surface area contributed by atoms with Crippen LogP contribution >= 0.6 is 0 Å². The zero-order valence-corrected chi connectivity index (χ0v) is 14.7. The molecule has 134 valence electrons. The zero-order valence-electron chi connectivity index (χ0n) is 14.7. The van der Waals surface area contributed by atoms with Gasteiger partial charge in [-0.15, -0.1) is 0 Å². The molecular formula is C19H24N2O4. The Bertz CT molecular complexity index is 629. The van der Waals surface area contributed by atoms with Crippen LogP contribution in [0.25, 0.3) is 0 Å². The fraction of sp³-hybridized carbons (Fsp3) is 0.368. The van der Waals surface area contributed by atoms with Crippen molar-refractivity contribution in [3.05, 3.63) is 48.6 Å². The number of carbonyl (C=O) groups excluding carboxylic acids is 2. The summed E-state index contributed by atoms with van der Waals surface area (Å²) in [5.74, 6) is 0.147. The van der Waals surface area contributed by atoms with E-state index in [0.717, 1.165) is 24.5 Å². The van der Waals surface area contributed by atoms with Crippen LogP contribution < -0.4 is 9.64 Å². The molecule has 0 atom stereocenters. The highest BCUT2D eigenvalue weighted by atomic mass is 16.5. The van der Waals surface area contributed by atoms with Gasteiger partial charge in [0.15, 0.2) is 6.61 Å². The lowest BCUT2D eigenvalue weighted by Crippen LogP contribution is -2.49. The number of amides is 1. The van der Waals surface area contributed by atoms with Gasteiger partial charge in [-0.2, -0.15) is 0 Å². The number of piperazine rings is 1. The number of ether oxygens (including phenoxy) is 2. The van der Waals surface area contributed by atoms with Gasteiger partial charge in [0.1, 0.15) is 5.75 Å². The molecule has 1 heterocycles. The Labute approximate surface area is 148 Å². The first-order valence-electron chi connectivity index (χ1n) is 8.27. The predicted octanol–water partition coefficient (Wildman–Crippen LogP) is 2.02. The molecule has 0 N–H and O–H groups in total. The first-order valence-corrected chi connectivity index (χ1v) is 8.27. The molecular weight excluding hydrogens is 320 g/mol. The molecule has 6 nitrogen and oxygen atoms in total. The largest absolute Gasteiger partial charge is 0.497 e. The van der Waals surface area contributed by atoms with Gasteiger partial charge in [0.2, 0.25) is 0 Å². The van der Waals surface area contributed by atoms with Gasteiger partial charge >= 0.3 is 5.97 Å². The molecule has 1 saturated heterocycles. The van der Waals surface area contributed by atoms with Crippen molar-refractivity contribution in [2.24, 2.45) is 0 Å². The number of methoxy groups -OCH3 is 1. The number of nitrogens with zero attached hydrogens (tertiary/aromatic N) is 2. The lowest BCUT2D eigenvalue weighted by molar-refractivity contribution is -0.148. The van der Waals surface area contributed by atoms with Gasteiger partial charge in [-0.25, -0.2) is 4.79 Å². The molecule has 0 aliphatic carbocycles. The minimum absolute atomic E-state index is 0.165. The van der Waals surface area contributed by atoms with E-state index in [9.17, 15) is 9.59 Å². The molecule has 1 amide bonds. The van der Waals surface area contributed by atoms with Crippen LogP contribution in [0.2, 0.25) is 0 Å². The predicted molar refractivity (Wildman–Crippen MR) is 96.7 cm³/mol. The van der Waals surface area contributed by atoms with Crippen molar-refractivity contribution < 1.29 is 19.1 Å². The Balaban J connectivity index is 1.76. The SMILES string of the molecule is CC=CC=CC(=O)OCC(=O)N1CCN(c2ccc(OC)cc2)CC1. The summed E-state index contributed by atoms with van der Waals surface area (Å²) in [7, 11) is 1.64. The first-order chi connectivity index (χ1) is 12.1. The van der Waals surface area contributed by atoms with E-state index in [0.29, 0.717) is 13.1 Å². The Morgan fingerprint density at radius 3 is 2.36 bits per heavy atom. The minimum Gasteiger partial charge on any atom is -0.497 e. The van der Waals surface area contributed by atoms with Crippen LogP contribution in [0.3, 0.4) is 0 Å². The Morgan fingerprint density at radius 2 is 1.76 bits per heavy atom. The summed E-state index contributed by atoms with van der Waals surface area (Å²) in [4.78, 5) is 27.5. The van der Waals surface area contributed by atoms with Crippen molar-refractivity contribution in [3.8, 4) is 5.75 Å². The number of esters is 1. The normalized spacial score (nSPS) is 15.0. The Hall–Kier alpha value is -2.76. The second-order valence-corrected chi connectivity index (χ2v) is 5.56. The van der Waals surface area contributed by atoms with E-state index < -0.39 is 5.97 Å². The van der Waals surface area contributed by atoms with Crippen molar-refractivity contribution in [1.82, 2.24) is 4.90 Å². The second kappa shape index (κ2) is 9.52. The van der Waals surface area contributed by atoms with Gasteiger partial charge in [0, 0.05) is 37.9 Å². The monoisotopic (exact) mass is 344 g/mol. The van der Waals surface area contributed by atoms with Gasteiger partial charge < -0.3 is 19.3 Å². The quantitative estimate of drug-likeness (QED) is 0.449. The third-order valence-corrected chi connectivity index (χ3v) is 3.94. The number of allylic oxidation sites excluding steroid dienone is 3. The van der Waals surface area contributed by atoms with Crippen LogP contribution in [0.4, 0.5) is 5.69 Å². The molecule has 2 rings (SSSR count). The summed E-state index contributed by atoms with van der Waals surface area (Å²) in [6.07, 6.45) is 6.41. The van der Waals surface area contributed by atoms with Crippen LogP contribution in [0.1, 0.15) is 6.92 Å². The molecule has 1 aromatic rings. The van der Waals surface area contributed by atoms with E-state index >= 15 is 0 Å². The molecule has 0 spiro atoms. The number of benzene rings is 1. The van der Waals surface area contributed by atoms with E-state index in [4.69, 9.17) is 9.47 Å². The van der Waals surface area contributed by atoms with Crippen LogP contribution in [-0.4, -0.2) is 56.7 Å². The van der Waals surface area contributed by atoms with E-state index in [2.05, 4.69) is 4.90 Å². The van der Waals surface area contributed by atoms with E-state index in [1.54, 1.807) is 30.2 Å². The highest BCUT2D eigenvalue weighted by Crippen LogP contribution is 2.20. The number of rotatable bonds is 6. The fourth-order valence-corrected chi connectivity index (χ4v) is 2.52. The number of hydrogen-bond acceptors (Lipinski definition) is 5. The highest BCUT2D eigenvalue weighted by Gasteiger charge is 2.21. The second-order valence-electron chi connectivity index (χ2n) is 5.56. The third kappa shape index (κ3) is 5.67. The van der Waals surface area contributed by atoms with Gasteiger partial charge in [-0.05, 0) is 31.2 Å². The summed E-state index contributed by atoms with van der Waals surface area (Å²) >= 11 is 0. The maximum Gasteiger partial charge on any atom is 0.331 e. The maximum absolute atomic E-state index is 12.1. The number of hydrogen-bond donors (Lipinski definition) is 0. The summed E-state index contributed by atoms with van der Waals surface area (Å²) < 4.78 is 10.1. The molecule has 25 heavy (non-hydrogen) atoms. The van der Waals surface area contributed by atoms with Crippen molar-refractivity contribution >= 4 is 17.6 Å². The molecule has 0 saturated carbocycles. The smallest absolute Gasteiger partial charge is 0.331 e. The maximum atomic E-state index is 12.1. The van der Waals surface area contributed by atoms with E-state index in [1.165, 1.54) is 6.08 Å². The molecule has 0 radical (unpaired) electrons. The topological polar surface area (TPSA) is 59.1 Å². The van der Waals surface area contributed by atoms with E-state index in [-0.39, 0.29) is 12.5 Å². The molecule has 1 aliphatic rings. The summed E-state index contributed by atoms with van der Waals surface area (Å²) in [5.41, 5.74) is 1.11. The lowest BCUT2D eigenvalue weighted by atomic mass is 10.2. The van der Waals surface area contributed by atoms with Crippen molar-refractivity contribution in [2.75, 3.05) is 44.8 Å². The number of anilines is 1. The van der Waals surface area contributed by atoms with Crippen LogP contribution in [0.15, 0.2) is 48.6 Å². The van der Waals surface area contributed by atoms with Crippen molar-refractivity contribution in [1.29, 1.82) is 0 Å². The van der Waals surface area contributed by atoms with Gasteiger partial charge in [-0.1, -0.05) is 18.2 Å². The molecule has 0 unspecified atom stereocenters. The van der Waals surface area contributed by atoms with Gasteiger partial charge in [0.05, 0.1) is 7.11 Å². The average Bonchev–Trinajstić information content (AvgIpc) is 2.66. The first kappa shape index (κ1) is 18.6. The van der Waals surface area contributed by atoms with Crippen molar-refractivity contribution in [2.45, 2.75) is 6.92 Å². The van der Waals surface area contributed by atoms with Gasteiger partial charge in [0.25, 0.3) is 5.91 Å². The molecule has 0 aromatic heterocycles. The number of carbonyl (C=O) groups is 2. The molecule has 1 aromatic carbocycles. The standard InChI is InChI=1S/C19H24N2O4/c1-3-4-5-6-19(23)25-15-18(22)21-13-11-20(12-14-21)16-7-9-17(24-2)10-8-16/h3-10H,11-15H2,1-2H3.